The fraction of sp³-hybridized carbons (Fsp3) is 0.312. The smallest absolute Gasteiger partial charge is 0.231 e. The van der Waals surface area contributed by atoms with Crippen molar-refractivity contribution >= 4 is 17.0 Å². The minimum absolute atomic E-state index is 0.256. The van der Waals surface area contributed by atoms with Crippen LogP contribution in [0.5, 0.6) is 11.5 Å². The summed E-state index contributed by atoms with van der Waals surface area (Å²) in [5.74, 6) is 3.08. The van der Waals surface area contributed by atoms with Crippen molar-refractivity contribution in [1.29, 1.82) is 0 Å². The Morgan fingerprint density at radius 1 is 1.04 bits per heavy atom. The number of aromatic amines is 1. The second kappa shape index (κ2) is 5.34. The molecule has 0 unspecified atom stereocenters. The van der Waals surface area contributed by atoms with E-state index in [-0.39, 0.29) is 6.79 Å². The maximum atomic E-state index is 5.44. The van der Waals surface area contributed by atoms with E-state index in [4.69, 9.17) is 14.2 Å². The van der Waals surface area contributed by atoms with Gasteiger partial charge in [-0.15, -0.1) is 0 Å². The van der Waals surface area contributed by atoms with Crippen molar-refractivity contribution in [3.05, 3.63) is 24.5 Å². The van der Waals surface area contributed by atoms with Crippen LogP contribution in [0.1, 0.15) is 0 Å². The van der Waals surface area contributed by atoms with Crippen LogP contribution in [-0.2, 0) is 4.74 Å². The molecule has 0 amide bonds. The van der Waals surface area contributed by atoms with E-state index in [1.54, 1.807) is 6.33 Å². The number of hydrogen-bond donors (Lipinski definition) is 1. The molecule has 1 saturated heterocycles. The molecule has 0 atom stereocenters. The lowest BCUT2D eigenvalue weighted by atomic mass is 10.2. The lowest BCUT2D eigenvalue weighted by Crippen LogP contribution is -2.36. The van der Waals surface area contributed by atoms with Gasteiger partial charge in [-0.2, -0.15) is 0 Å². The van der Waals surface area contributed by atoms with Gasteiger partial charge in [0.05, 0.1) is 13.2 Å². The van der Waals surface area contributed by atoms with E-state index in [1.807, 2.05) is 18.2 Å². The molecule has 1 aromatic carbocycles. The highest BCUT2D eigenvalue weighted by Gasteiger charge is 2.20. The van der Waals surface area contributed by atoms with Gasteiger partial charge in [0.1, 0.15) is 17.7 Å². The molecule has 1 N–H and O–H groups in total. The van der Waals surface area contributed by atoms with Crippen LogP contribution in [0.3, 0.4) is 0 Å². The zero-order chi connectivity index (χ0) is 15.9. The Hall–Kier alpha value is -2.87. The average molecular weight is 325 g/mol. The molecule has 2 aromatic heterocycles. The summed E-state index contributed by atoms with van der Waals surface area (Å²) in [5, 5.41) is 0. The van der Waals surface area contributed by atoms with Crippen molar-refractivity contribution in [2.75, 3.05) is 38.0 Å². The van der Waals surface area contributed by atoms with Crippen molar-refractivity contribution in [3.63, 3.8) is 0 Å². The van der Waals surface area contributed by atoms with Gasteiger partial charge in [0, 0.05) is 18.7 Å². The number of nitrogens with one attached hydrogen (secondary N) is 1. The number of ether oxygens (including phenoxy) is 3. The maximum Gasteiger partial charge on any atom is 0.231 e. The SMILES string of the molecule is c1nc(N2CCOCC2)c2[nH]c(-c3ccc4c(c3)OCO4)nc2n1. The largest absolute Gasteiger partial charge is 0.454 e. The maximum absolute atomic E-state index is 5.44. The van der Waals surface area contributed by atoms with Crippen LogP contribution in [0.2, 0.25) is 0 Å². The Bertz CT molecular complexity index is 904. The Balaban J connectivity index is 1.58. The zero-order valence-corrected chi connectivity index (χ0v) is 12.9. The molecule has 0 spiro atoms. The molecule has 1 fully saturated rings. The Labute approximate surface area is 137 Å². The molecule has 0 bridgehead atoms. The van der Waals surface area contributed by atoms with Gasteiger partial charge in [0.2, 0.25) is 6.79 Å². The number of fused-ring (bicyclic) bond motifs is 2. The fourth-order valence-electron chi connectivity index (χ4n) is 3.01. The number of rotatable bonds is 2. The number of anilines is 1. The monoisotopic (exact) mass is 325 g/mol. The fourth-order valence-corrected chi connectivity index (χ4v) is 3.01. The number of hydrogen-bond acceptors (Lipinski definition) is 7. The Morgan fingerprint density at radius 2 is 1.92 bits per heavy atom. The van der Waals surface area contributed by atoms with Crippen LogP contribution >= 0.6 is 0 Å². The third kappa shape index (κ3) is 2.15. The number of H-pyrrole nitrogens is 1. The van der Waals surface area contributed by atoms with Gasteiger partial charge >= 0.3 is 0 Å². The molecule has 0 saturated carbocycles. The third-order valence-corrected chi connectivity index (χ3v) is 4.22. The van der Waals surface area contributed by atoms with E-state index in [0.717, 1.165) is 47.3 Å². The predicted octanol–water partition coefficient (Wildman–Crippen LogP) is 1.59. The van der Waals surface area contributed by atoms with E-state index in [0.29, 0.717) is 18.9 Å². The number of imidazole rings is 1. The van der Waals surface area contributed by atoms with Gasteiger partial charge in [-0.05, 0) is 18.2 Å². The Kier molecular flexibility index (Phi) is 3.02. The van der Waals surface area contributed by atoms with E-state index < -0.39 is 0 Å². The topological polar surface area (TPSA) is 85.4 Å². The highest BCUT2D eigenvalue weighted by molar-refractivity contribution is 5.86. The van der Waals surface area contributed by atoms with Crippen LogP contribution in [0.4, 0.5) is 5.82 Å². The number of morpholine rings is 1. The minimum Gasteiger partial charge on any atom is -0.454 e. The average Bonchev–Trinajstić information content (AvgIpc) is 3.28. The zero-order valence-electron chi connectivity index (χ0n) is 12.9. The van der Waals surface area contributed by atoms with Gasteiger partial charge in [-0.1, -0.05) is 0 Å². The molecule has 0 aliphatic carbocycles. The van der Waals surface area contributed by atoms with Crippen LogP contribution in [0, 0.1) is 0 Å². The van der Waals surface area contributed by atoms with Crippen LogP contribution in [0.15, 0.2) is 24.5 Å². The van der Waals surface area contributed by atoms with Crippen molar-refractivity contribution in [2.24, 2.45) is 0 Å². The van der Waals surface area contributed by atoms with E-state index in [1.165, 1.54) is 0 Å². The molecule has 24 heavy (non-hydrogen) atoms. The van der Waals surface area contributed by atoms with Gasteiger partial charge < -0.3 is 24.1 Å². The molecule has 8 nitrogen and oxygen atoms in total. The summed E-state index contributed by atoms with van der Waals surface area (Å²) in [6, 6.07) is 5.76. The molecular weight excluding hydrogens is 310 g/mol. The van der Waals surface area contributed by atoms with E-state index >= 15 is 0 Å². The standard InChI is InChI=1S/C16H15N5O3/c1-2-11-12(24-9-23-11)7-10(1)14-19-13-15(20-14)17-8-18-16(13)21-3-5-22-6-4-21/h1-2,7-8H,3-6,9H2,(H,17,18,19,20). The molecule has 5 rings (SSSR count). The molecule has 0 radical (unpaired) electrons. The van der Waals surface area contributed by atoms with Gasteiger partial charge in [0.25, 0.3) is 0 Å². The van der Waals surface area contributed by atoms with Crippen LogP contribution in [0.25, 0.3) is 22.6 Å². The quantitative estimate of drug-likeness (QED) is 0.765. The molecule has 122 valence electrons. The molecule has 4 heterocycles. The molecular formula is C16H15N5O3. The molecule has 8 heteroatoms. The summed E-state index contributed by atoms with van der Waals surface area (Å²) in [4.78, 5) is 18.9. The minimum atomic E-state index is 0.256. The van der Waals surface area contributed by atoms with Gasteiger partial charge in [-0.3, -0.25) is 0 Å². The van der Waals surface area contributed by atoms with Crippen LogP contribution in [-0.4, -0.2) is 53.0 Å². The van der Waals surface area contributed by atoms with Crippen molar-refractivity contribution < 1.29 is 14.2 Å². The summed E-state index contributed by atoms with van der Waals surface area (Å²) < 4.78 is 16.2. The summed E-state index contributed by atoms with van der Waals surface area (Å²) in [7, 11) is 0. The summed E-state index contributed by atoms with van der Waals surface area (Å²) in [6.45, 7) is 3.28. The molecule has 2 aliphatic rings. The van der Waals surface area contributed by atoms with Crippen LogP contribution < -0.4 is 14.4 Å². The third-order valence-electron chi connectivity index (χ3n) is 4.22. The summed E-state index contributed by atoms with van der Waals surface area (Å²) in [5.41, 5.74) is 2.41. The normalized spacial score (nSPS) is 16.8. The first-order valence-corrected chi connectivity index (χ1v) is 7.82. The highest BCUT2D eigenvalue weighted by atomic mass is 16.7. The first kappa shape index (κ1) is 13.6. The predicted molar refractivity (Wildman–Crippen MR) is 86.3 cm³/mol. The highest BCUT2D eigenvalue weighted by Crippen LogP contribution is 2.36. The second-order valence-electron chi connectivity index (χ2n) is 5.65. The first-order chi connectivity index (χ1) is 11.9. The molecule has 3 aromatic rings. The van der Waals surface area contributed by atoms with Crippen molar-refractivity contribution in [2.45, 2.75) is 0 Å². The van der Waals surface area contributed by atoms with Crippen molar-refractivity contribution in [3.8, 4) is 22.9 Å². The lowest BCUT2D eigenvalue weighted by molar-refractivity contribution is 0.122. The Morgan fingerprint density at radius 3 is 2.83 bits per heavy atom. The number of nitrogens with zero attached hydrogens (tertiary/aromatic N) is 4. The van der Waals surface area contributed by atoms with Gasteiger partial charge in [-0.25, -0.2) is 15.0 Å². The summed E-state index contributed by atoms with van der Waals surface area (Å²) in [6.07, 6.45) is 1.55. The second-order valence-corrected chi connectivity index (χ2v) is 5.65. The lowest BCUT2D eigenvalue weighted by Gasteiger charge is -2.27. The van der Waals surface area contributed by atoms with Crippen molar-refractivity contribution in [1.82, 2.24) is 19.9 Å². The van der Waals surface area contributed by atoms with Gasteiger partial charge in [0.15, 0.2) is 23.0 Å². The first-order valence-electron chi connectivity index (χ1n) is 7.82. The number of aromatic nitrogens is 4. The van der Waals surface area contributed by atoms with E-state index in [2.05, 4.69) is 24.8 Å². The van der Waals surface area contributed by atoms with E-state index in [9.17, 15) is 0 Å². The summed E-state index contributed by atoms with van der Waals surface area (Å²) >= 11 is 0. The number of benzene rings is 1. The molecule has 2 aliphatic heterocycles.